The highest BCUT2D eigenvalue weighted by molar-refractivity contribution is 6.35. The summed E-state index contributed by atoms with van der Waals surface area (Å²) in [5.41, 5.74) is 2.37. The molecule has 0 N–H and O–H groups in total. The maximum Gasteiger partial charge on any atom is 0.150 e. The van der Waals surface area contributed by atoms with Crippen molar-refractivity contribution >= 4 is 28.9 Å². The third-order valence-corrected chi connectivity index (χ3v) is 3.27. The second kappa shape index (κ2) is 3.32. The number of imidazole rings is 1. The number of rotatable bonds is 2. The van der Waals surface area contributed by atoms with Crippen LogP contribution in [0.1, 0.15) is 35.1 Å². The number of aldehydes is 1. The highest BCUT2D eigenvalue weighted by Gasteiger charge is 2.27. The summed E-state index contributed by atoms with van der Waals surface area (Å²) < 4.78 is 2.19. The van der Waals surface area contributed by atoms with Crippen LogP contribution in [0, 0.1) is 6.92 Å². The SMILES string of the molecule is Cc1nc2cc(C=O)cc(Cl)c2n1C1CC1. The molecule has 3 nitrogen and oxygen atoms in total. The normalized spacial score (nSPS) is 15.6. The maximum atomic E-state index is 10.7. The molecule has 0 atom stereocenters. The van der Waals surface area contributed by atoms with Crippen LogP contribution in [0.15, 0.2) is 12.1 Å². The molecule has 0 unspecified atom stereocenters. The number of halogens is 1. The second-order valence-electron chi connectivity index (χ2n) is 4.25. The molecule has 0 saturated heterocycles. The molecule has 1 heterocycles. The van der Waals surface area contributed by atoms with Crippen LogP contribution in [0.4, 0.5) is 0 Å². The van der Waals surface area contributed by atoms with Crippen LogP contribution in [0.3, 0.4) is 0 Å². The first-order chi connectivity index (χ1) is 7.70. The van der Waals surface area contributed by atoms with Crippen molar-refractivity contribution in [3.8, 4) is 0 Å². The zero-order valence-corrected chi connectivity index (χ0v) is 9.66. The van der Waals surface area contributed by atoms with Gasteiger partial charge in [-0.1, -0.05) is 11.6 Å². The smallest absolute Gasteiger partial charge is 0.150 e. The minimum atomic E-state index is 0.546. The van der Waals surface area contributed by atoms with E-state index in [0.717, 1.165) is 23.1 Å². The van der Waals surface area contributed by atoms with Crippen LogP contribution in [0.5, 0.6) is 0 Å². The topological polar surface area (TPSA) is 34.9 Å². The summed E-state index contributed by atoms with van der Waals surface area (Å²) in [4.78, 5) is 15.2. The number of hydrogen-bond acceptors (Lipinski definition) is 2. The van der Waals surface area contributed by atoms with Gasteiger partial charge in [-0.05, 0) is 31.9 Å². The molecule has 1 aliphatic rings. The van der Waals surface area contributed by atoms with Gasteiger partial charge in [0.05, 0.1) is 16.1 Å². The van der Waals surface area contributed by atoms with E-state index in [4.69, 9.17) is 11.6 Å². The molecule has 3 rings (SSSR count). The number of aryl methyl sites for hydroxylation is 1. The largest absolute Gasteiger partial charge is 0.324 e. The molecule has 2 aromatic rings. The maximum absolute atomic E-state index is 10.7. The van der Waals surface area contributed by atoms with Crippen molar-refractivity contribution in [3.05, 3.63) is 28.5 Å². The Bertz CT molecular complexity index is 584. The molecule has 0 radical (unpaired) electrons. The summed E-state index contributed by atoms with van der Waals surface area (Å²) in [5, 5.41) is 0.618. The number of carbonyl (C=O) groups excluding carboxylic acids is 1. The average Bonchev–Trinajstić information content (AvgIpc) is 3.01. The third kappa shape index (κ3) is 1.35. The molecule has 1 aliphatic carbocycles. The van der Waals surface area contributed by atoms with E-state index in [0.29, 0.717) is 16.6 Å². The third-order valence-electron chi connectivity index (χ3n) is 2.99. The van der Waals surface area contributed by atoms with E-state index in [1.54, 1.807) is 12.1 Å². The van der Waals surface area contributed by atoms with Gasteiger partial charge < -0.3 is 4.57 Å². The molecule has 0 amide bonds. The molecular weight excluding hydrogens is 224 g/mol. The van der Waals surface area contributed by atoms with Crippen LogP contribution in [-0.4, -0.2) is 15.8 Å². The van der Waals surface area contributed by atoms with Gasteiger partial charge in [0.1, 0.15) is 12.1 Å². The Morgan fingerprint density at radius 3 is 2.88 bits per heavy atom. The Kier molecular flexibility index (Phi) is 2.04. The van der Waals surface area contributed by atoms with E-state index in [1.165, 1.54) is 12.8 Å². The Labute approximate surface area is 98.0 Å². The van der Waals surface area contributed by atoms with E-state index in [2.05, 4.69) is 9.55 Å². The van der Waals surface area contributed by atoms with Gasteiger partial charge in [0.2, 0.25) is 0 Å². The van der Waals surface area contributed by atoms with Gasteiger partial charge in [0.15, 0.2) is 0 Å². The minimum Gasteiger partial charge on any atom is -0.324 e. The molecule has 1 aromatic carbocycles. The lowest BCUT2D eigenvalue weighted by molar-refractivity contribution is 0.112. The fraction of sp³-hybridized carbons (Fsp3) is 0.333. The summed E-state index contributed by atoms with van der Waals surface area (Å²) in [6.45, 7) is 1.98. The summed E-state index contributed by atoms with van der Waals surface area (Å²) in [7, 11) is 0. The molecule has 82 valence electrons. The van der Waals surface area contributed by atoms with E-state index < -0.39 is 0 Å². The Morgan fingerprint density at radius 2 is 2.25 bits per heavy atom. The minimum absolute atomic E-state index is 0.546. The first-order valence-electron chi connectivity index (χ1n) is 5.34. The van der Waals surface area contributed by atoms with Crippen LogP contribution in [0.25, 0.3) is 11.0 Å². The molecule has 1 fully saturated rings. The van der Waals surface area contributed by atoms with Crippen LogP contribution in [-0.2, 0) is 0 Å². The van der Waals surface area contributed by atoms with Crippen molar-refractivity contribution in [3.63, 3.8) is 0 Å². The lowest BCUT2D eigenvalue weighted by Crippen LogP contribution is -1.96. The van der Waals surface area contributed by atoms with Crippen LogP contribution >= 0.6 is 11.6 Å². The molecule has 0 spiro atoms. The van der Waals surface area contributed by atoms with Crippen molar-refractivity contribution in [2.75, 3.05) is 0 Å². The Morgan fingerprint density at radius 1 is 1.50 bits per heavy atom. The Hall–Kier alpha value is -1.35. The predicted molar refractivity (Wildman–Crippen MR) is 63.1 cm³/mol. The van der Waals surface area contributed by atoms with Gasteiger partial charge in [0, 0.05) is 11.6 Å². The number of nitrogens with zero attached hydrogens (tertiary/aromatic N) is 2. The first-order valence-corrected chi connectivity index (χ1v) is 5.72. The monoisotopic (exact) mass is 234 g/mol. The van der Waals surface area contributed by atoms with Crippen LogP contribution in [0.2, 0.25) is 5.02 Å². The molecule has 1 saturated carbocycles. The summed E-state index contributed by atoms with van der Waals surface area (Å²) in [5.74, 6) is 0.974. The zero-order valence-electron chi connectivity index (χ0n) is 8.90. The van der Waals surface area contributed by atoms with Crippen molar-refractivity contribution in [1.29, 1.82) is 0 Å². The van der Waals surface area contributed by atoms with E-state index >= 15 is 0 Å². The lowest BCUT2D eigenvalue weighted by atomic mass is 10.2. The highest BCUT2D eigenvalue weighted by atomic mass is 35.5. The Balaban J connectivity index is 2.35. The lowest BCUT2D eigenvalue weighted by Gasteiger charge is -2.05. The molecular formula is C12H11ClN2O. The molecule has 0 bridgehead atoms. The number of benzene rings is 1. The predicted octanol–water partition coefficient (Wildman–Crippen LogP) is 3.15. The van der Waals surface area contributed by atoms with Crippen LogP contribution < -0.4 is 0 Å². The van der Waals surface area contributed by atoms with Crippen molar-refractivity contribution in [1.82, 2.24) is 9.55 Å². The molecule has 1 aromatic heterocycles. The summed E-state index contributed by atoms with van der Waals surface area (Å²) in [6.07, 6.45) is 3.19. The zero-order chi connectivity index (χ0) is 11.3. The second-order valence-corrected chi connectivity index (χ2v) is 4.66. The standard InChI is InChI=1S/C12H11ClN2O/c1-7-14-11-5-8(6-16)4-10(13)12(11)15(7)9-2-3-9/h4-6,9H,2-3H2,1H3. The number of aromatic nitrogens is 2. The van der Waals surface area contributed by atoms with Gasteiger partial charge in [-0.2, -0.15) is 0 Å². The highest BCUT2D eigenvalue weighted by Crippen LogP contribution is 2.40. The van der Waals surface area contributed by atoms with Gasteiger partial charge in [-0.3, -0.25) is 4.79 Å². The van der Waals surface area contributed by atoms with Crippen molar-refractivity contribution in [2.45, 2.75) is 25.8 Å². The molecule has 0 aliphatic heterocycles. The van der Waals surface area contributed by atoms with E-state index in [-0.39, 0.29) is 0 Å². The van der Waals surface area contributed by atoms with Crippen molar-refractivity contribution in [2.24, 2.45) is 0 Å². The fourth-order valence-corrected chi connectivity index (χ4v) is 2.48. The van der Waals surface area contributed by atoms with Crippen molar-refractivity contribution < 1.29 is 4.79 Å². The quantitative estimate of drug-likeness (QED) is 0.749. The fourth-order valence-electron chi connectivity index (χ4n) is 2.17. The number of fused-ring (bicyclic) bond motifs is 1. The summed E-state index contributed by atoms with van der Waals surface area (Å²) in [6, 6.07) is 4.04. The van der Waals surface area contributed by atoms with Gasteiger partial charge >= 0.3 is 0 Å². The number of hydrogen-bond donors (Lipinski definition) is 0. The van der Waals surface area contributed by atoms with E-state index in [9.17, 15) is 4.79 Å². The molecule has 4 heteroatoms. The number of carbonyl (C=O) groups is 1. The van der Waals surface area contributed by atoms with Gasteiger partial charge in [0.25, 0.3) is 0 Å². The molecule has 16 heavy (non-hydrogen) atoms. The van der Waals surface area contributed by atoms with E-state index in [1.807, 2.05) is 6.92 Å². The first kappa shape index (κ1) is 9.85. The van der Waals surface area contributed by atoms with Gasteiger partial charge in [-0.25, -0.2) is 4.98 Å². The average molecular weight is 235 g/mol. The van der Waals surface area contributed by atoms with Gasteiger partial charge in [-0.15, -0.1) is 0 Å². The summed E-state index contributed by atoms with van der Waals surface area (Å²) >= 11 is 6.21.